The minimum absolute atomic E-state index is 0.112. The lowest BCUT2D eigenvalue weighted by Crippen LogP contribution is -2.04. The second kappa shape index (κ2) is 9.27. The van der Waals surface area contributed by atoms with Gasteiger partial charge in [-0.25, -0.2) is 19.7 Å². The van der Waals surface area contributed by atoms with E-state index < -0.39 is 5.97 Å². The summed E-state index contributed by atoms with van der Waals surface area (Å²) in [5.41, 5.74) is 6.55. The number of aryl methyl sites for hydroxylation is 4. The van der Waals surface area contributed by atoms with Gasteiger partial charge in [-0.2, -0.15) is 0 Å². The van der Waals surface area contributed by atoms with Crippen LogP contribution in [0.2, 0.25) is 0 Å². The average molecular weight is 452 g/mol. The van der Waals surface area contributed by atoms with Gasteiger partial charge in [0.05, 0.1) is 5.56 Å². The Balaban J connectivity index is 1.90. The number of phenolic OH excluding ortho intramolecular Hbond substituents is 1. The number of carbonyl (C=O) groups excluding carboxylic acids is 1. The Morgan fingerprint density at radius 1 is 0.765 bits per heavy atom. The Labute approximate surface area is 198 Å². The second-order valence-corrected chi connectivity index (χ2v) is 8.25. The number of aromatic hydroxyl groups is 1. The molecule has 0 amide bonds. The molecule has 1 aromatic heterocycles. The van der Waals surface area contributed by atoms with Crippen molar-refractivity contribution >= 4 is 5.97 Å². The Kier molecular flexibility index (Phi) is 6.23. The topological polar surface area (TPSA) is 85.2 Å². The second-order valence-electron chi connectivity index (χ2n) is 8.25. The van der Waals surface area contributed by atoms with Crippen molar-refractivity contribution in [2.45, 2.75) is 27.7 Å². The highest BCUT2D eigenvalue weighted by Gasteiger charge is 2.17. The smallest absolute Gasteiger partial charge is 0.335 e. The number of benzene rings is 3. The van der Waals surface area contributed by atoms with Crippen molar-refractivity contribution in [2.75, 3.05) is 0 Å². The van der Waals surface area contributed by atoms with Gasteiger partial charge in [0, 0.05) is 23.3 Å². The van der Waals surface area contributed by atoms with Crippen LogP contribution in [0, 0.1) is 27.7 Å². The van der Waals surface area contributed by atoms with Crippen LogP contribution in [-0.4, -0.2) is 26.0 Å². The van der Waals surface area contributed by atoms with E-state index in [9.17, 15) is 9.90 Å². The highest BCUT2D eigenvalue weighted by atomic mass is 16.5. The van der Waals surface area contributed by atoms with Crippen LogP contribution in [-0.2, 0) is 4.79 Å². The van der Waals surface area contributed by atoms with E-state index >= 15 is 0 Å². The number of nitrogens with zero attached hydrogens (tertiary/aromatic N) is 3. The zero-order valence-electron chi connectivity index (χ0n) is 19.6. The highest BCUT2D eigenvalue weighted by Crippen LogP contribution is 2.34. The van der Waals surface area contributed by atoms with Crippen molar-refractivity contribution in [3.63, 3.8) is 0 Å². The van der Waals surface area contributed by atoms with Crippen molar-refractivity contribution in [3.8, 4) is 45.7 Å². The quantitative estimate of drug-likeness (QED) is 0.231. The normalized spacial score (nSPS) is 10.7. The van der Waals surface area contributed by atoms with Crippen LogP contribution in [0.5, 0.6) is 11.5 Å². The van der Waals surface area contributed by atoms with Crippen molar-refractivity contribution < 1.29 is 14.6 Å². The third-order valence-electron chi connectivity index (χ3n) is 5.48. The fourth-order valence-electron chi connectivity index (χ4n) is 3.79. The Morgan fingerprint density at radius 3 is 1.68 bits per heavy atom. The molecule has 0 unspecified atom stereocenters. The lowest BCUT2D eigenvalue weighted by atomic mass is 10.0. The van der Waals surface area contributed by atoms with Crippen LogP contribution in [0.3, 0.4) is 0 Å². The summed E-state index contributed by atoms with van der Waals surface area (Å²) in [6.45, 7) is 11.5. The molecule has 0 spiro atoms. The predicted molar refractivity (Wildman–Crippen MR) is 133 cm³/mol. The lowest BCUT2D eigenvalue weighted by Gasteiger charge is -2.13. The van der Waals surface area contributed by atoms with Crippen LogP contribution >= 0.6 is 0 Å². The zero-order chi connectivity index (χ0) is 24.4. The third-order valence-corrected chi connectivity index (χ3v) is 5.48. The van der Waals surface area contributed by atoms with Gasteiger partial charge in [-0.3, -0.25) is 0 Å². The molecule has 6 heteroatoms. The van der Waals surface area contributed by atoms with Crippen molar-refractivity contribution in [1.29, 1.82) is 0 Å². The molecule has 1 heterocycles. The van der Waals surface area contributed by atoms with Crippen LogP contribution < -0.4 is 4.74 Å². The summed E-state index contributed by atoms with van der Waals surface area (Å²) in [6, 6.07) is 16.7. The molecule has 1 N–H and O–H groups in total. The molecule has 0 aliphatic carbocycles. The maximum atomic E-state index is 11.5. The van der Waals surface area contributed by atoms with E-state index in [2.05, 4.69) is 18.7 Å². The minimum Gasteiger partial charge on any atom is -0.507 e. The van der Waals surface area contributed by atoms with E-state index in [1.165, 1.54) is 6.07 Å². The number of rotatable bonds is 5. The van der Waals surface area contributed by atoms with E-state index in [1.807, 2.05) is 52.0 Å². The molecule has 0 aliphatic rings. The van der Waals surface area contributed by atoms with Gasteiger partial charge in [0.15, 0.2) is 17.5 Å². The Morgan fingerprint density at radius 2 is 1.24 bits per heavy atom. The Hall–Kier alpha value is -4.32. The van der Waals surface area contributed by atoms with Gasteiger partial charge >= 0.3 is 5.97 Å². The van der Waals surface area contributed by atoms with Gasteiger partial charge in [0.2, 0.25) is 0 Å². The first-order valence-electron chi connectivity index (χ1n) is 10.8. The van der Waals surface area contributed by atoms with E-state index in [0.717, 1.165) is 39.5 Å². The maximum Gasteiger partial charge on any atom is 0.335 e. The lowest BCUT2D eigenvalue weighted by molar-refractivity contribution is -0.128. The molecule has 0 aliphatic heterocycles. The molecule has 0 atom stereocenters. The largest absolute Gasteiger partial charge is 0.507 e. The van der Waals surface area contributed by atoms with Gasteiger partial charge in [0.25, 0.3) is 0 Å². The molecule has 4 aromatic rings. The van der Waals surface area contributed by atoms with Gasteiger partial charge < -0.3 is 9.84 Å². The summed E-state index contributed by atoms with van der Waals surface area (Å²) in [5.74, 6) is 0.821. The summed E-state index contributed by atoms with van der Waals surface area (Å²) >= 11 is 0. The first-order valence-corrected chi connectivity index (χ1v) is 10.8. The molecule has 0 saturated carbocycles. The van der Waals surface area contributed by atoms with E-state index in [4.69, 9.17) is 19.7 Å². The number of aromatic nitrogens is 3. The van der Waals surface area contributed by atoms with Gasteiger partial charge in [0.1, 0.15) is 11.5 Å². The van der Waals surface area contributed by atoms with Crippen molar-refractivity contribution in [3.05, 3.63) is 89.5 Å². The summed E-state index contributed by atoms with van der Waals surface area (Å²) in [4.78, 5) is 25.7. The molecule has 6 nitrogen and oxygen atoms in total. The van der Waals surface area contributed by atoms with Crippen LogP contribution in [0.15, 0.2) is 67.3 Å². The number of phenols is 1. The third kappa shape index (κ3) is 4.71. The maximum absolute atomic E-state index is 11.5. The monoisotopic (exact) mass is 451 g/mol. The predicted octanol–water partition coefficient (Wildman–Crippen LogP) is 5.90. The number of hydrogen-bond acceptors (Lipinski definition) is 6. The van der Waals surface area contributed by atoms with E-state index in [1.54, 1.807) is 12.1 Å². The molecule has 0 saturated heterocycles. The molecule has 3 aromatic carbocycles. The minimum atomic E-state index is -0.610. The van der Waals surface area contributed by atoms with Crippen molar-refractivity contribution in [1.82, 2.24) is 15.0 Å². The zero-order valence-corrected chi connectivity index (χ0v) is 19.6. The molecule has 4 rings (SSSR count). The van der Waals surface area contributed by atoms with Gasteiger partial charge in [-0.1, -0.05) is 54.1 Å². The number of carbonyl (C=O) groups is 1. The first kappa shape index (κ1) is 22.9. The van der Waals surface area contributed by atoms with Crippen LogP contribution in [0.1, 0.15) is 22.3 Å². The van der Waals surface area contributed by atoms with Crippen LogP contribution in [0.4, 0.5) is 0 Å². The van der Waals surface area contributed by atoms with E-state index in [0.29, 0.717) is 23.0 Å². The standard InChI is InChI=1S/C28H25N3O3/c1-6-25(33)34-20-9-12-23(24(32)15-20)28-30-26(21-10-7-16(2)13-18(21)4)29-27(31-28)22-11-8-17(3)14-19(22)5/h6-15,32H,1H2,2-5H3. The SMILES string of the molecule is C=CC(=O)Oc1ccc(-c2nc(-c3ccc(C)cc3C)nc(-c3ccc(C)cc3C)n2)c(O)c1. The highest BCUT2D eigenvalue weighted by molar-refractivity contribution is 5.83. The Bertz CT molecular complexity index is 1360. The summed E-state index contributed by atoms with van der Waals surface area (Å²) in [5, 5.41) is 10.7. The molecule has 0 radical (unpaired) electrons. The number of hydrogen-bond donors (Lipinski definition) is 1. The molecule has 0 fully saturated rings. The molecular weight excluding hydrogens is 426 g/mol. The van der Waals surface area contributed by atoms with Gasteiger partial charge in [-0.05, 0) is 51.0 Å². The van der Waals surface area contributed by atoms with E-state index in [-0.39, 0.29) is 11.5 Å². The number of esters is 1. The van der Waals surface area contributed by atoms with Gasteiger partial charge in [-0.15, -0.1) is 0 Å². The first-order chi connectivity index (χ1) is 16.2. The van der Waals surface area contributed by atoms with Crippen molar-refractivity contribution in [2.24, 2.45) is 0 Å². The molecule has 170 valence electrons. The summed E-state index contributed by atoms with van der Waals surface area (Å²) in [6.07, 6.45) is 1.06. The molecular formula is C28H25N3O3. The molecule has 0 bridgehead atoms. The molecule has 34 heavy (non-hydrogen) atoms. The fourth-order valence-corrected chi connectivity index (χ4v) is 3.79. The summed E-state index contributed by atoms with van der Waals surface area (Å²) in [7, 11) is 0. The average Bonchev–Trinajstić information content (AvgIpc) is 2.78. The number of ether oxygens (including phenoxy) is 1. The summed E-state index contributed by atoms with van der Waals surface area (Å²) < 4.78 is 5.11. The van der Waals surface area contributed by atoms with Crippen LogP contribution in [0.25, 0.3) is 34.2 Å². The fraction of sp³-hybridized carbons (Fsp3) is 0.143.